The average Bonchev–Trinajstić information content (AvgIpc) is 2.99. The Morgan fingerprint density at radius 2 is 2.13 bits per heavy atom. The molecule has 6 heteroatoms. The summed E-state index contributed by atoms with van der Waals surface area (Å²) >= 11 is 9.42. The number of halogens is 3. The minimum atomic E-state index is -1.24. The maximum absolute atomic E-state index is 14.4. The number of aromatic carboxylic acids is 1. The third kappa shape index (κ3) is 3.21. The van der Waals surface area contributed by atoms with E-state index in [1.165, 1.54) is 6.07 Å². The normalized spacial score (nSPS) is 17.5. The number of carboxylic acids is 1. The van der Waals surface area contributed by atoms with Crippen molar-refractivity contribution < 1.29 is 14.3 Å². The van der Waals surface area contributed by atoms with Gasteiger partial charge >= 0.3 is 5.97 Å². The Labute approximate surface area is 146 Å². The Bertz CT molecular complexity index is 768. The fourth-order valence-corrected chi connectivity index (χ4v) is 3.44. The van der Waals surface area contributed by atoms with Gasteiger partial charge in [0.15, 0.2) is 0 Å². The fraction of sp³-hybridized carbons (Fsp3) is 0.235. The average molecular weight is 399 g/mol. The second-order valence-electron chi connectivity index (χ2n) is 5.54. The zero-order valence-corrected chi connectivity index (χ0v) is 14.4. The molecule has 120 valence electrons. The van der Waals surface area contributed by atoms with E-state index >= 15 is 0 Å². The molecule has 1 unspecified atom stereocenters. The van der Waals surface area contributed by atoms with Gasteiger partial charge in [-0.3, -0.25) is 0 Å². The second-order valence-corrected chi connectivity index (χ2v) is 6.81. The van der Waals surface area contributed by atoms with Gasteiger partial charge in [0.05, 0.1) is 10.6 Å². The van der Waals surface area contributed by atoms with Crippen LogP contribution in [-0.2, 0) is 0 Å². The van der Waals surface area contributed by atoms with Crippen molar-refractivity contribution in [1.29, 1.82) is 0 Å². The van der Waals surface area contributed by atoms with Crippen molar-refractivity contribution in [1.82, 2.24) is 0 Å². The minimum Gasteiger partial charge on any atom is -0.478 e. The van der Waals surface area contributed by atoms with E-state index in [-0.39, 0.29) is 11.5 Å². The minimum absolute atomic E-state index is 0.0243. The third-order valence-corrected chi connectivity index (χ3v) is 5.37. The van der Waals surface area contributed by atoms with Crippen LogP contribution in [0.15, 0.2) is 40.9 Å². The summed E-state index contributed by atoms with van der Waals surface area (Å²) in [5.41, 5.74) is 1.22. The summed E-state index contributed by atoms with van der Waals surface area (Å²) in [5, 5.41) is 9.69. The summed E-state index contributed by atoms with van der Waals surface area (Å²) in [5.74, 6) is -1.88. The van der Waals surface area contributed by atoms with E-state index < -0.39 is 11.8 Å². The number of carbonyl (C=O) groups is 1. The summed E-state index contributed by atoms with van der Waals surface area (Å²) in [6, 6.07) is 10.3. The summed E-state index contributed by atoms with van der Waals surface area (Å²) in [4.78, 5) is 13.2. The van der Waals surface area contributed by atoms with Crippen LogP contribution in [-0.4, -0.2) is 24.2 Å². The largest absolute Gasteiger partial charge is 0.478 e. The van der Waals surface area contributed by atoms with Crippen LogP contribution in [0.3, 0.4) is 0 Å². The molecule has 23 heavy (non-hydrogen) atoms. The van der Waals surface area contributed by atoms with Gasteiger partial charge in [0.2, 0.25) is 0 Å². The molecule has 0 spiro atoms. The van der Waals surface area contributed by atoms with Crippen molar-refractivity contribution in [3.63, 3.8) is 0 Å². The van der Waals surface area contributed by atoms with Crippen LogP contribution in [0.25, 0.3) is 0 Å². The van der Waals surface area contributed by atoms with E-state index in [0.717, 1.165) is 23.1 Å². The Morgan fingerprint density at radius 3 is 2.83 bits per heavy atom. The molecule has 2 aromatic rings. The van der Waals surface area contributed by atoms with Crippen molar-refractivity contribution in [2.45, 2.75) is 12.3 Å². The predicted octanol–water partition coefficient (Wildman–Crippen LogP) is 4.93. The SMILES string of the molecule is O=C(O)c1cccc(C2CCN(c3ccc(Cl)c(Br)c3)C2)c1F. The summed E-state index contributed by atoms with van der Waals surface area (Å²) in [6.45, 7) is 1.43. The molecule has 0 saturated carbocycles. The molecule has 1 aliphatic heterocycles. The molecule has 0 radical (unpaired) electrons. The lowest BCUT2D eigenvalue weighted by atomic mass is 9.96. The molecule has 0 bridgehead atoms. The molecule has 1 fully saturated rings. The monoisotopic (exact) mass is 397 g/mol. The first-order valence-electron chi connectivity index (χ1n) is 7.19. The van der Waals surface area contributed by atoms with Crippen molar-refractivity contribution in [2.75, 3.05) is 18.0 Å². The van der Waals surface area contributed by atoms with Gasteiger partial charge in [-0.05, 0) is 52.2 Å². The predicted molar refractivity (Wildman–Crippen MR) is 92.1 cm³/mol. The standard InChI is InChI=1S/C17H14BrClFNO2/c18-14-8-11(4-5-15(14)19)21-7-6-10(9-21)12-2-1-3-13(16(12)20)17(22)23/h1-5,8,10H,6-7,9H2,(H,22,23). The highest BCUT2D eigenvalue weighted by Gasteiger charge is 2.28. The lowest BCUT2D eigenvalue weighted by Crippen LogP contribution is -2.19. The summed E-state index contributed by atoms with van der Waals surface area (Å²) in [6.07, 6.45) is 0.778. The molecular weight excluding hydrogens is 385 g/mol. The van der Waals surface area contributed by atoms with Crippen LogP contribution in [0, 0.1) is 5.82 Å². The Morgan fingerprint density at radius 1 is 1.35 bits per heavy atom. The van der Waals surface area contributed by atoms with Gasteiger partial charge in [-0.15, -0.1) is 0 Å². The first-order chi connectivity index (χ1) is 11.0. The van der Waals surface area contributed by atoms with Crippen LogP contribution in [0.1, 0.15) is 28.3 Å². The van der Waals surface area contributed by atoms with E-state index in [1.54, 1.807) is 12.1 Å². The van der Waals surface area contributed by atoms with E-state index in [2.05, 4.69) is 20.8 Å². The fourth-order valence-electron chi connectivity index (χ4n) is 2.96. The van der Waals surface area contributed by atoms with Gasteiger partial charge in [0, 0.05) is 29.2 Å². The zero-order chi connectivity index (χ0) is 16.6. The first-order valence-corrected chi connectivity index (χ1v) is 8.36. The molecule has 2 aromatic carbocycles. The number of benzene rings is 2. The van der Waals surface area contributed by atoms with Crippen molar-refractivity contribution >= 4 is 39.2 Å². The molecule has 0 amide bonds. The van der Waals surface area contributed by atoms with Crippen molar-refractivity contribution in [2.24, 2.45) is 0 Å². The molecule has 0 aliphatic carbocycles. The first kappa shape index (κ1) is 16.3. The van der Waals surface area contributed by atoms with Gasteiger partial charge in [0.25, 0.3) is 0 Å². The van der Waals surface area contributed by atoms with Gasteiger partial charge < -0.3 is 10.0 Å². The number of anilines is 1. The highest BCUT2D eigenvalue weighted by molar-refractivity contribution is 9.10. The Balaban J connectivity index is 1.84. The molecule has 0 aromatic heterocycles. The van der Waals surface area contributed by atoms with Gasteiger partial charge in [-0.25, -0.2) is 9.18 Å². The Kier molecular flexibility index (Phi) is 4.60. The second kappa shape index (κ2) is 6.49. The molecule has 1 aliphatic rings. The molecule has 1 atom stereocenters. The number of carboxylic acid groups (broad SMARTS) is 1. The number of nitrogens with zero attached hydrogens (tertiary/aromatic N) is 1. The van der Waals surface area contributed by atoms with Gasteiger partial charge in [-0.2, -0.15) is 0 Å². The topological polar surface area (TPSA) is 40.5 Å². The molecule has 3 nitrogen and oxygen atoms in total. The Hall–Kier alpha value is -1.59. The molecule has 1 heterocycles. The van der Waals surface area contributed by atoms with Crippen LogP contribution in [0.5, 0.6) is 0 Å². The van der Waals surface area contributed by atoms with Gasteiger partial charge in [0.1, 0.15) is 5.82 Å². The van der Waals surface area contributed by atoms with Gasteiger partial charge in [-0.1, -0.05) is 23.7 Å². The lowest BCUT2D eigenvalue weighted by molar-refractivity contribution is 0.0691. The van der Waals surface area contributed by atoms with E-state index in [4.69, 9.17) is 16.7 Å². The van der Waals surface area contributed by atoms with E-state index in [9.17, 15) is 9.18 Å². The third-order valence-electron chi connectivity index (χ3n) is 4.16. The van der Waals surface area contributed by atoms with Crippen LogP contribution < -0.4 is 4.90 Å². The van der Waals surface area contributed by atoms with Crippen LogP contribution in [0.4, 0.5) is 10.1 Å². The number of hydrogen-bond donors (Lipinski definition) is 1. The summed E-state index contributed by atoms with van der Waals surface area (Å²) in [7, 11) is 0. The van der Waals surface area contributed by atoms with Crippen molar-refractivity contribution in [3.05, 3.63) is 62.8 Å². The summed E-state index contributed by atoms with van der Waals surface area (Å²) < 4.78 is 15.2. The van der Waals surface area contributed by atoms with Crippen LogP contribution >= 0.6 is 27.5 Å². The zero-order valence-electron chi connectivity index (χ0n) is 12.1. The van der Waals surface area contributed by atoms with Crippen molar-refractivity contribution in [3.8, 4) is 0 Å². The highest BCUT2D eigenvalue weighted by atomic mass is 79.9. The molecule has 1 saturated heterocycles. The highest BCUT2D eigenvalue weighted by Crippen LogP contribution is 2.35. The van der Waals surface area contributed by atoms with E-state index in [1.807, 2.05) is 18.2 Å². The van der Waals surface area contributed by atoms with Crippen LogP contribution in [0.2, 0.25) is 5.02 Å². The maximum Gasteiger partial charge on any atom is 0.338 e. The quantitative estimate of drug-likeness (QED) is 0.796. The lowest BCUT2D eigenvalue weighted by Gasteiger charge is -2.20. The smallest absolute Gasteiger partial charge is 0.338 e. The molecular formula is C17H14BrClFNO2. The molecule has 1 N–H and O–H groups in total. The van der Waals surface area contributed by atoms with E-state index in [0.29, 0.717) is 17.1 Å². The number of hydrogen-bond acceptors (Lipinski definition) is 2. The number of rotatable bonds is 3. The molecule has 3 rings (SSSR count). The maximum atomic E-state index is 14.4.